The molecule has 2 aliphatic heterocycles. The van der Waals surface area contributed by atoms with Crippen LogP contribution in [0.25, 0.3) is 0 Å². The Balaban J connectivity index is 1.91. The summed E-state index contributed by atoms with van der Waals surface area (Å²) in [5, 5.41) is 6.28. The number of carbonyl (C=O) groups is 1. The highest BCUT2D eigenvalue weighted by Gasteiger charge is 2.44. The smallest absolute Gasteiger partial charge is 0.276 e. The van der Waals surface area contributed by atoms with Crippen LogP contribution in [0.3, 0.4) is 0 Å². The van der Waals surface area contributed by atoms with Crippen molar-refractivity contribution < 1.29 is 9.53 Å². The van der Waals surface area contributed by atoms with E-state index in [2.05, 4.69) is 27.5 Å². The molecule has 0 saturated carbocycles. The molecule has 0 aromatic carbocycles. The van der Waals surface area contributed by atoms with Gasteiger partial charge in [-0.3, -0.25) is 14.2 Å². The third-order valence-electron chi connectivity index (χ3n) is 5.97. The molecule has 1 fully saturated rings. The number of fused-ring (bicyclic) bond motifs is 1. The van der Waals surface area contributed by atoms with E-state index in [9.17, 15) is 9.59 Å². The Bertz CT molecular complexity index is 953. The summed E-state index contributed by atoms with van der Waals surface area (Å²) in [4.78, 5) is 34.7. The van der Waals surface area contributed by atoms with Gasteiger partial charge in [0, 0.05) is 19.4 Å². The Morgan fingerprint density at radius 2 is 2.10 bits per heavy atom. The molecule has 2 aromatic rings. The van der Waals surface area contributed by atoms with Crippen LogP contribution in [0.5, 0.6) is 0 Å². The van der Waals surface area contributed by atoms with E-state index in [4.69, 9.17) is 4.74 Å². The van der Waals surface area contributed by atoms with Crippen molar-refractivity contribution in [2.75, 3.05) is 18.5 Å². The van der Waals surface area contributed by atoms with Crippen molar-refractivity contribution in [3.8, 4) is 0 Å². The SMILES string of the molecule is CCCC1(CC)NC(=O)c2c(C3CCOCC3)cc(Nc3ccncn3)c(=O)n21. The average molecular weight is 397 g/mol. The Morgan fingerprint density at radius 1 is 1.31 bits per heavy atom. The molecule has 2 aliphatic rings. The first-order chi connectivity index (χ1) is 14.1. The van der Waals surface area contributed by atoms with E-state index >= 15 is 0 Å². The zero-order chi connectivity index (χ0) is 20.4. The predicted molar refractivity (Wildman–Crippen MR) is 109 cm³/mol. The van der Waals surface area contributed by atoms with E-state index < -0.39 is 5.66 Å². The van der Waals surface area contributed by atoms with E-state index in [1.165, 1.54) is 6.33 Å². The molecule has 0 bridgehead atoms. The molecule has 29 heavy (non-hydrogen) atoms. The van der Waals surface area contributed by atoms with Crippen molar-refractivity contribution >= 4 is 17.4 Å². The summed E-state index contributed by atoms with van der Waals surface area (Å²) in [7, 11) is 0. The number of pyridine rings is 1. The number of aromatic nitrogens is 3. The summed E-state index contributed by atoms with van der Waals surface area (Å²) >= 11 is 0. The first-order valence-corrected chi connectivity index (χ1v) is 10.3. The van der Waals surface area contributed by atoms with Gasteiger partial charge in [-0.05, 0) is 49.3 Å². The third-order valence-corrected chi connectivity index (χ3v) is 5.97. The summed E-state index contributed by atoms with van der Waals surface area (Å²) in [6.07, 6.45) is 6.92. The third kappa shape index (κ3) is 3.42. The monoisotopic (exact) mass is 397 g/mol. The largest absolute Gasteiger partial charge is 0.381 e. The summed E-state index contributed by atoms with van der Waals surface area (Å²) in [6.45, 7) is 5.39. The quantitative estimate of drug-likeness (QED) is 0.778. The Morgan fingerprint density at radius 3 is 2.76 bits per heavy atom. The van der Waals surface area contributed by atoms with Crippen LogP contribution < -0.4 is 16.2 Å². The number of carbonyl (C=O) groups excluding carboxylic acids is 1. The van der Waals surface area contributed by atoms with Gasteiger partial charge in [0.15, 0.2) is 0 Å². The second-order valence-corrected chi connectivity index (χ2v) is 7.70. The van der Waals surface area contributed by atoms with Crippen molar-refractivity contribution in [1.82, 2.24) is 19.9 Å². The lowest BCUT2D eigenvalue weighted by Crippen LogP contribution is -2.47. The minimum atomic E-state index is -0.693. The Kier molecular flexibility index (Phi) is 5.36. The van der Waals surface area contributed by atoms with Crippen LogP contribution in [0.1, 0.15) is 67.9 Å². The van der Waals surface area contributed by atoms with E-state index in [-0.39, 0.29) is 17.4 Å². The molecule has 0 radical (unpaired) electrons. The number of hydrogen-bond acceptors (Lipinski definition) is 6. The zero-order valence-corrected chi connectivity index (χ0v) is 16.9. The number of ether oxygens (including phenoxy) is 1. The Hall–Kier alpha value is -2.74. The average Bonchev–Trinajstić information content (AvgIpc) is 3.05. The zero-order valence-electron chi connectivity index (χ0n) is 16.9. The van der Waals surface area contributed by atoms with Crippen molar-refractivity contribution in [3.63, 3.8) is 0 Å². The van der Waals surface area contributed by atoms with Gasteiger partial charge >= 0.3 is 0 Å². The highest BCUT2D eigenvalue weighted by molar-refractivity contribution is 5.97. The molecule has 8 nitrogen and oxygen atoms in total. The van der Waals surface area contributed by atoms with Gasteiger partial charge in [-0.15, -0.1) is 0 Å². The van der Waals surface area contributed by atoms with Crippen molar-refractivity contribution in [2.45, 2.75) is 57.5 Å². The van der Waals surface area contributed by atoms with E-state index in [0.29, 0.717) is 43.3 Å². The molecule has 1 amide bonds. The van der Waals surface area contributed by atoms with Crippen molar-refractivity contribution in [2.24, 2.45) is 0 Å². The first-order valence-electron chi connectivity index (χ1n) is 10.3. The lowest BCUT2D eigenvalue weighted by atomic mass is 9.89. The van der Waals surface area contributed by atoms with Gasteiger partial charge in [-0.1, -0.05) is 20.3 Å². The molecule has 4 rings (SSSR count). The number of hydrogen-bond donors (Lipinski definition) is 2. The number of anilines is 2. The number of nitrogens with zero attached hydrogens (tertiary/aromatic N) is 3. The van der Waals surface area contributed by atoms with Gasteiger partial charge in [0.1, 0.15) is 29.2 Å². The highest BCUT2D eigenvalue weighted by Crippen LogP contribution is 2.37. The maximum absolute atomic E-state index is 13.5. The molecule has 1 saturated heterocycles. The van der Waals surface area contributed by atoms with Crippen LogP contribution in [0, 0.1) is 0 Å². The second kappa shape index (κ2) is 7.94. The van der Waals surface area contributed by atoms with Gasteiger partial charge in [0.2, 0.25) is 0 Å². The fourth-order valence-corrected chi connectivity index (χ4v) is 4.53. The predicted octanol–water partition coefficient (Wildman–Crippen LogP) is 2.88. The summed E-state index contributed by atoms with van der Waals surface area (Å²) in [6, 6.07) is 3.55. The molecule has 1 unspecified atom stereocenters. The van der Waals surface area contributed by atoms with Crippen LogP contribution in [0.2, 0.25) is 0 Å². The molecule has 8 heteroatoms. The van der Waals surface area contributed by atoms with Crippen molar-refractivity contribution in [3.05, 3.63) is 46.3 Å². The van der Waals surface area contributed by atoms with Crippen LogP contribution in [0.4, 0.5) is 11.5 Å². The van der Waals surface area contributed by atoms with Crippen LogP contribution >= 0.6 is 0 Å². The lowest BCUT2D eigenvalue weighted by Gasteiger charge is -2.31. The molecule has 0 spiro atoms. The summed E-state index contributed by atoms with van der Waals surface area (Å²) < 4.78 is 7.22. The van der Waals surface area contributed by atoms with Crippen LogP contribution in [-0.4, -0.2) is 33.7 Å². The van der Waals surface area contributed by atoms with Gasteiger partial charge in [0.05, 0.1) is 0 Å². The number of nitrogens with one attached hydrogen (secondary N) is 2. The minimum absolute atomic E-state index is 0.160. The van der Waals surface area contributed by atoms with Gasteiger partial charge in [-0.25, -0.2) is 9.97 Å². The fraction of sp³-hybridized carbons (Fsp3) is 0.524. The van der Waals surface area contributed by atoms with E-state index in [1.807, 2.05) is 13.0 Å². The molecule has 1 atom stereocenters. The number of rotatable bonds is 6. The molecule has 0 aliphatic carbocycles. The molecule has 4 heterocycles. The highest BCUT2D eigenvalue weighted by atomic mass is 16.5. The molecular formula is C21H27N5O3. The normalized spacial score (nSPS) is 21.7. The van der Waals surface area contributed by atoms with Gasteiger partial charge in [0.25, 0.3) is 11.5 Å². The van der Waals surface area contributed by atoms with E-state index in [0.717, 1.165) is 24.8 Å². The maximum Gasteiger partial charge on any atom is 0.276 e. The minimum Gasteiger partial charge on any atom is -0.381 e. The molecular weight excluding hydrogens is 370 g/mol. The Labute approximate surface area is 169 Å². The molecule has 2 aromatic heterocycles. The number of amides is 1. The summed E-state index contributed by atoms with van der Waals surface area (Å²) in [5.41, 5.74) is 0.947. The lowest BCUT2D eigenvalue weighted by molar-refractivity contribution is 0.0841. The maximum atomic E-state index is 13.5. The fourth-order valence-electron chi connectivity index (χ4n) is 4.53. The van der Waals surface area contributed by atoms with Crippen LogP contribution in [0.15, 0.2) is 29.5 Å². The molecule has 2 N–H and O–H groups in total. The molecule has 154 valence electrons. The standard InChI is InChI=1S/C21H27N5O3/c1-3-8-21(4-2)25-19(27)18-15(14-6-10-29-11-7-14)12-16(20(28)26(18)21)24-17-5-9-22-13-23-17/h5,9,12-14H,3-4,6-8,10-11H2,1-2H3,(H,25,27)(H,22,23,24). The topological polar surface area (TPSA) is 98.1 Å². The van der Waals surface area contributed by atoms with Crippen molar-refractivity contribution in [1.29, 1.82) is 0 Å². The summed E-state index contributed by atoms with van der Waals surface area (Å²) in [5.74, 6) is 0.564. The first kappa shape index (κ1) is 19.6. The van der Waals surface area contributed by atoms with E-state index in [1.54, 1.807) is 16.8 Å². The second-order valence-electron chi connectivity index (χ2n) is 7.70. The van der Waals surface area contributed by atoms with Gasteiger partial charge < -0.3 is 15.4 Å². The van der Waals surface area contributed by atoms with Crippen LogP contribution in [-0.2, 0) is 10.4 Å². The van der Waals surface area contributed by atoms with Gasteiger partial charge in [-0.2, -0.15) is 0 Å².